The standard InChI is InChI=1S/C20H21N6O10P/c27-13(35-10-1-2-11-9(5-10)3-4-21-11)6-22-20-24-17-14(18(30)25-20)23-8-26(17)19-16(29)15(28)12(36-19)7-34-37(31,32)33/h1-5,8,12,15-16,19,21,28-29H,6-7H2,(H2,31,32,33)(H2,22,24,25,30)/t12-,15?,16?,19-/m1/s1. The summed E-state index contributed by atoms with van der Waals surface area (Å²) >= 11 is 0. The van der Waals surface area contributed by atoms with Crippen LogP contribution in [0.25, 0.3) is 22.1 Å². The number of nitrogens with one attached hydrogen (secondary N) is 3. The van der Waals surface area contributed by atoms with Gasteiger partial charge in [0.05, 0.1) is 12.9 Å². The maximum Gasteiger partial charge on any atom is 0.469 e. The highest BCUT2D eigenvalue weighted by atomic mass is 31.2. The van der Waals surface area contributed by atoms with E-state index in [-0.39, 0.29) is 23.7 Å². The monoisotopic (exact) mass is 536 g/mol. The lowest BCUT2D eigenvalue weighted by atomic mass is 10.1. The van der Waals surface area contributed by atoms with Gasteiger partial charge in [-0.2, -0.15) is 4.98 Å². The van der Waals surface area contributed by atoms with E-state index >= 15 is 0 Å². The van der Waals surface area contributed by atoms with Gasteiger partial charge in [-0.25, -0.2) is 14.3 Å². The van der Waals surface area contributed by atoms with Crippen molar-refractivity contribution in [2.45, 2.75) is 24.5 Å². The fraction of sp³-hybridized carbons (Fsp3) is 0.300. The molecule has 1 aliphatic rings. The van der Waals surface area contributed by atoms with Crippen LogP contribution in [0.15, 0.2) is 41.6 Å². The Balaban J connectivity index is 1.30. The van der Waals surface area contributed by atoms with Gasteiger partial charge in [0.15, 0.2) is 17.4 Å². The first-order valence-electron chi connectivity index (χ1n) is 10.8. The van der Waals surface area contributed by atoms with Crippen LogP contribution in [0.2, 0.25) is 0 Å². The maximum atomic E-state index is 12.5. The van der Waals surface area contributed by atoms with Crippen molar-refractivity contribution in [3.63, 3.8) is 0 Å². The van der Waals surface area contributed by atoms with E-state index in [4.69, 9.17) is 19.3 Å². The fourth-order valence-corrected chi connectivity index (χ4v) is 4.22. The van der Waals surface area contributed by atoms with Crippen LogP contribution in [0.1, 0.15) is 6.23 Å². The molecule has 16 nitrogen and oxygen atoms in total. The summed E-state index contributed by atoms with van der Waals surface area (Å²) in [5, 5.41) is 24.2. The number of hydrogen-bond donors (Lipinski definition) is 7. The van der Waals surface area contributed by atoms with E-state index in [0.29, 0.717) is 5.75 Å². The lowest BCUT2D eigenvalue weighted by Crippen LogP contribution is -2.33. The van der Waals surface area contributed by atoms with Gasteiger partial charge in [0.25, 0.3) is 5.56 Å². The van der Waals surface area contributed by atoms with E-state index < -0.39 is 50.5 Å². The molecule has 0 saturated carbocycles. The van der Waals surface area contributed by atoms with E-state index in [1.807, 2.05) is 6.07 Å². The Morgan fingerprint density at radius 2 is 2.05 bits per heavy atom. The van der Waals surface area contributed by atoms with E-state index in [0.717, 1.165) is 17.2 Å². The second-order valence-corrected chi connectivity index (χ2v) is 9.36. The number of aromatic amines is 2. The number of nitrogens with zero attached hydrogens (tertiary/aromatic N) is 3. The number of aliphatic hydroxyl groups excluding tert-OH is 2. The van der Waals surface area contributed by atoms with Crippen molar-refractivity contribution in [1.82, 2.24) is 24.5 Å². The molecule has 3 aromatic heterocycles. The van der Waals surface area contributed by atoms with E-state index in [2.05, 4.69) is 29.8 Å². The number of aromatic nitrogens is 5. The summed E-state index contributed by atoms with van der Waals surface area (Å²) < 4.78 is 27.3. The van der Waals surface area contributed by atoms with Crippen LogP contribution < -0.4 is 15.6 Å². The molecule has 5 rings (SSSR count). The summed E-state index contributed by atoms with van der Waals surface area (Å²) in [6.07, 6.45) is -2.81. The molecular weight excluding hydrogens is 515 g/mol. The molecule has 17 heteroatoms. The second kappa shape index (κ2) is 9.68. The second-order valence-electron chi connectivity index (χ2n) is 8.13. The van der Waals surface area contributed by atoms with Gasteiger partial charge in [0.1, 0.15) is 30.6 Å². The number of ether oxygens (including phenoxy) is 2. The molecule has 4 aromatic rings. The van der Waals surface area contributed by atoms with Crippen molar-refractivity contribution in [3.8, 4) is 5.75 Å². The van der Waals surface area contributed by atoms with Gasteiger partial charge in [-0.05, 0) is 24.3 Å². The lowest BCUT2D eigenvalue weighted by molar-refractivity contribution is -0.132. The Labute approximate surface area is 206 Å². The van der Waals surface area contributed by atoms with Crippen molar-refractivity contribution in [3.05, 3.63) is 47.1 Å². The number of esters is 1. The zero-order chi connectivity index (χ0) is 26.3. The van der Waals surface area contributed by atoms with E-state index in [1.165, 1.54) is 4.57 Å². The zero-order valence-corrected chi connectivity index (χ0v) is 19.6. The van der Waals surface area contributed by atoms with Crippen LogP contribution in [0, 0.1) is 0 Å². The molecule has 0 amide bonds. The number of benzene rings is 1. The molecule has 7 N–H and O–H groups in total. The highest BCUT2D eigenvalue weighted by Crippen LogP contribution is 2.38. The molecule has 4 atom stereocenters. The van der Waals surface area contributed by atoms with Crippen molar-refractivity contribution < 1.29 is 43.4 Å². The summed E-state index contributed by atoms with van der Waals surface area (Å²) in [5.74, 6) is -0.430. The topological polar surface area (TPSA) is 234 Å². The molecule has 1 fully saturated rings. The Hall–Kier alpha value is -3.63. The number of carbonyl (C=O) groups excluding carboxylic acids is 1. The molecule has 37 heavy (non-hydrogen) atoms. The average Bonchev–Trinajstić information content (AvgIpc) is 3.54. The maximum absolute atomic E-state index is 12.5. The summed E-state index contributed by atoms with van der Waals surface area (Å²) in [5.41, 5.74) is 0.0551. The van der Waals surface area contributed by atoms with Gasteiger partial charge >= 0.3 is 13.8 Å². The molecule has 196 valence electrons. The number of rotatable bonds is 8. The Bertz CT molecular complexity index is 1560. The fourth-order valence-electron chi connectivity index (χ4n) is 3.88. The first-order chi connectivity index (χ1) is 17.6. The molecule has 0 bridgehead atoms. The summed E-state index contributed by atoms with van der Waals surface area (Å²) in [6, 6.07) is 6.91. The Kier molecular flexibility index (Phi) is 6.55. The predicted octanol–water partition coefficient (Wildman–Crippen LogP) is -0.653. The molecule has 0 radical (unpaired) electrons. The van der Waals surface area contributed by atoms with Crippen molar-refractivity contribution in [2.24, 2.45) is 0 Å². The average molecular weight is 536 g/mol. The third kappa shape index (κ3) is 5.26. The third-order valence-electron chi connectivity index (χ3n) is 5.61. The first kappa shape index (κ1) is 25.0. The lowest BCUT2D eigenvalue weighted by Gasteiger charge is -2.16. The van der Waals surface area contributed by atoms with Gasteiger partial charge in [-0.15, -0.1) is 0 Å². The smallest absolute Gasteiger partial charge is 0.425 e. The normalized spacial score (nSPS) is 22.1. The number of hydrogen-bond acceptors (Lipinski definition) is 11. The first-order valence-corrected chi connectivity index (χ1v) is 12.3. The highest BCUT2D eigenvalue weighted by molar-refractivity contribution is 7.46. The van der Waals surface area contributed by atoms with Gasteiger partial charge in [0.2, 0.25) is 5.95 Å². The molecule has 1 aromatic carbocycles. The van der Waals surface area contributed by atoms with Crippen LogP contribution in [0.3, 0.4) is 0 Å². The number of aliphatic hydroxyl groups is 2. The molecule has 0 spiro atoms. The summed E-state index contributed by atoms with van der Waals surface area (Å²) in [6.45, 7) is -1.05. The molecule has 4 heterocycles. The molecule has 1 saturated heterocycles. The number of anilines is 1. The number of imidazole rings is 1. The van der Waals surface area contributed by atoms with Gasteiger partial charge in [-0.3, -0.25) is 18.9 Å². The SMILES string of the molecule is O=C(CNc1nc2c(ncn2[C@@H]2O[C@H](COP(=O)(O)O)C(O)C2O)c(=O)[nH]1)Oc1ccc2[nH]ccc2c1. The van der Waals surface area contributed by atoms with Gasteiger partial charge in [-0.1, -0.05) is 0 Å². The van der Waals surface area contributed by atoms with Crippen LogP contribution in [0.4, 0.5) is 5.95 Å². The van der Waals surface area contributed by atoms with Crippen LogP contribution >= 0.6 is 7.82 Å². The third-order valence-corrected chi connectivity index (χ3v) is 6.09. The van der Waals surface area contributed by atoms with Crippen molar-refractivity contribution >= 4 is 41.8 Å². The van der Waals surface area contributed by atoms with E-state index in [9.17, 15) is 24.4 Å². The van der Waals surface area contributed by atoms with Gasteiger partial charge in [0, 0.05) is 17.1 Å². The zero-order valence-electron chi connectivity index (χ0n) is 18.7. The predicted molar refractivity (Wildman–Crippen MR) is 124 cm³/mol. The minimum atomic E-state index is -4.84. The number of phosphoric acid groups is 1. The summed E-state index contributed by atoms with van der Waals surface area (Å²) in [4.78, 5) is 56.2. The molecule has 2 unspecified atom stereocenters. The minimum Gasteiger partial charge on any atom is -0.425 e. The minimum absolute atomic E-state index is 0.0506. The number of fused-ring (bicyclic) bond motifs is 2. The Morgan fingerprint density at radius 1 is 1.24 bits per heavy atom. The van der Waals surface area contributed by atoms with Gasteiger partial charge < -0.3 is 39.8 Å². The highest BCUT2D eigenvalue weighted by Gasteiger charge is 2.45. The molecule has 1 aliphatic heterocycles. The van der Waals surface area contributed by atoms with E-state index in [1.54, 1.807) is 24.4 Å². The summed E-state index contributed by atoms with van der Waals surface area (Å²) in [7, 11) is -4.84. The van der Waals surface area contributed by atoms with Crippen molar-refractivity contribution in [1.29, 1.82) is 0 Å². The van der Waals surface area contributed by atoms with Crippen molar-refractivity contribution in [2.75, 3.05) is 18.5 Å². The number of carbonyl (C=O) groups is 1. The van der Waals surface area contributed by atoms with Crippen LogP contribution in [-0.2, 0) is 18.6 Å². The van der Waals surface area contributed by atoms with Crippen LogP contribution in [-0.4, -0.2) is 81.9 Å². The number of H-pyrrole nitrogens is 2. The quantitative estimate of drug-likeness (QED) is 0.0843. The molecule has 0 aliphatic carbocycles. The number of phosphoric ester groups is 1. The van der Waals surface area contributed by atoms with Crippen LogP contribution in [0.5, 0.6) is 5.75 Å². The molecular formula is C20H21N6O10P. The Morgan fingerprint density at radius 3 is 2.84 bits per heavy atom. The largest absolute Gasteiger partial charge is 0.469 e.